The molecule has 108 valence electrons. The van der Waals surface area contributed by atoms with Crippen molar-refractivity contribution in [3.05, 3.63) is 71.8 Å². The van der Waals surface area contributed by atoms with E-state index in [9.17, 15) is 0 Å². The standard InChI is InChI=1S/C19H22N2/c1-3-8-16(9-4-1)19(17-10-5-2-6-11-17)21-14-18(15-21)20-12-7-13-20/h1-6,8-11,18-19H,7,12-15H2. The van der Waals surface area contributed by atoms with Crippen molar-refractivity contribution in [2.75, 3.05) is 26.2 Å². The molecule has 0 aliphatic carbocycles. The normalized spacial score (nSPS) is 20.2. The molecule has 2 aliphatic rings. The van der Waals surface area contributed by atoms with Gasteiger partial charge in [0.1, 0.15) is 0 Å². The monoisotopic (exact) mass is 278 g/mol. The number of hydrogen-bond acceptors (Lipinski definition) is 2. The Morgan fingerprint density at radius 3 is 1.71 bits per heavy atom. The number of likely N-dealkylation sites (tertiary alicyclic amines) is 2. The molecule has 2 fully saturated rings. The molecule has 0 bridgehead atoms. The average Bonchev–Trinajstić information content (AvgIpc) is 2.45. The Morgan fingerprint density at radius 1 is 0.762 bits per heavy atom. The molecular weight excluding hydrogens is 256 g/mol. The molecule has 4 rings (SSSR count). The van der Waals surface area contributed by atoms with E-state index in [4.69, 9.17) is 0 Å². The first-order chi connectivity index (χ1) is 10.4. The van der Waals surface area contributed by atoms with Crippen molar-refractivity contribution in [2.24, 2.45) is 0 Å². The van der Waals surface area contributed by atoms with E-state index in [0.29, 0.717) is 6.04 Å². The van der Waals surface area contributed by atoms with Crippen LogP contribution >= 0.6 is 0 Å². The average molecular weight is 278 g/mol. The van der Waals surface area contributed by atoms with Crippen molar-refractivity contribution in [1.82, 2.24) is 9.80 Å². The van der Waals surface area contributed by atoms with Crippen molar-refractivity contribution >= 4 is 0 Å². The van der Waals surface area contributed by atoms with Gasteiger partial charge in [0, 0.05) is 19.1 Å². The molecule has 0 unspecified atom stereocenters. The molecule has 21 heavy (non-hydrogen) atoms. The molecular formula is C19H22N2. The van der Waals surface area contributed by atoms with Crippen LogP contribution in [-0.4, -0.2) is 42.0 Å². The third-order valence-electron chi connectivity index (χ3n) is 4.89. The highest BCUT2D eigenvalue weighted by molar-refractivity contribution is 5.32. The van der Waals surface area contributed by atoms with Gasteiger partial charge in [-0.05, 0) is 30.6 Å². The summed E-state index contributed by atoms with van der Waals surface area (Å²) in [6.07, 6.45) is 1.39. The lowest BCUT2D eigenvalue weighted by molar-refractivity contribution is -0.0151. The van der Waals surface area contributed by atoms with Crippen LogP contribution in [0.4, 0.5) is 0 Å². The Labute approximate surface area is 127 Å². The molecule has 2 aromatic carbocycles. The van der Waals surface area contributed by atoms with Gasteiger partial charge in [0.15, 0.2) is 0 Å². The maximum absolute atomic E-state index is 2.63. The van der Waals surface area contributed by atoms with E-state index in [1.807, 2.05) is 0 Å². The topological polar surface area (TPSA) is 6.48 Å². The molecule has 2 heterocycles. The van der Waals surface area contributed by atoms with Crippen LogP contribution in [0.1, 0.15) is 23.6 Å². The third kappa shape index (κ3) is 2.50. The second-order valence-electron chi connectivity index (χ2n) is 6.22. The van der Waals surface area contributed by atoms with Crippen molar-refractivity contribution in [2.45, 2.75) is 18.5 Å². The third-order valence-corrected chi connectivity index (χ3v) is 4.89. The Morgan fingerprint density at radius 2 is 1.29 bits per heavy atom. The van der Waals surface area contributed by atoms with Gasteiger partial charge in [-0.25, -0.2) is 0 Å². The van der Waals surface area contributed by atoms with Crippen molar-refractivity contribution in [3.8, 4) is 0 Å². The molecule has 0 aromatic heterocycles. The summed E-state index contributed by atoms with van der Waals surface area (Å²) in [5.74, 6) is 0. The van der Waals surface area contributed by atoms with Crippen LogP contribution in [0.5, 0.6) is 0 Å². The first kappa shape index (κ1) is 13.1. The first-order valence-electron chi connectivity index (χ1n) is 8.00. The Kier molecular flexibility index (Phi) is 3.50. The molecule has 0 spiro atoms. The predicted molar refractivity (Wildman–Crippen MR) is 86.3 cm³/mol. The van der Waals surface area contributed by atoms with Gasteiger partial charge in [-0.15, -0.1) is 0 Å². The van der Waals surface area contributed by atoms with E-state index in [1.54, 1.807) is 0 Å². The molecule has 2 nitrogen and oxygen atoms in total. The predicted octanol–water partition coefficient (Wildman–Crippen LogP) is 3.17. The molecule has 0 saturated carbocycles. The Hall–Kier alpha value is -1.64. The van der Waals surface area contributed by atoms with Gasteiger partial charge in [0.05, 0.1) is 6.04 Å². The maximum atomic E-state index is 2.63. The second kappa shape index (κ2) is 5.63. The number of rotatable bonds is 4. The summed E-state index contributed by atoms with van der Waals surface area (Å²) in [6, 6.07) is 23.0. The van der Waals surface area contributed by atoms with Crippen LogP contribution in [0.25, 0.3) is 0 Å². The summed E-state index contributed by atoms with van der Waals surface area (Å²) >= 11 is 0. The molecule has 0 amide bonds. The fourth-order valence-corrected chi connectivity index (χ4v) is 3.52. The molecule has 2 saturated heterocycles. The zero-order valence-electron chi connectivity index (χ0n) is 12.4. The molecule has 2 heteroatoms. The summed E-state index contributed by atoms with van der Waals surface area (Å²) in [7, 11) is 0. The molecule has 0 N–H and O–H groups in total. The van der Waals surface area contributed by atoms with Gasteiger partial charge >= 0.3 is 0 Å². The largest absolute Gasteiger partial charge is 0.298 e. The van der Waals surface area contributed by atoms with Crippen LogP contribution in [0, 0.1) is 0 Å². The van der Waals surface area contributed by atoms with E-state index < -0.39 is 0 Å². The van der Waals surface area contributed by atoms with Gasteiger partial charge in [-0.3, -0.25) is 9.80 Å². The highest BCUT2D eigenvalue weighted by Crippen LogP contribution is 2.34. The molecule has 0 atom stereocenters. The second-order valence-corrected chi connectivity index (χ2v) is 6.22. The lowest BCUT2D eigenvalue weighted by Gasteiger charge is -2.51. The molecule has 2 aliphatic heterocycles. The fourth-order valence-electron chi connectivity index (χ4n) is 3.52. The zero-order chi connectivity index (χ0) is 14.1. The van der Waals surface area contributed by atoms with E-state index in [2.05, 4.69) is 70.5 Å². The van der Waals surface area contributed by atoms with Crippen LogP contribution in [0.2, 0.25) is 0 Å². The molecule has 0 radical (unpaired) electrons. The minimum absolute atomic E-state index is 0.407. The quantitative estimate of drug-likeness (QED) is 0.847. The van der Waals surface area contributed by atoms with Crippen molar-refractivity contribution in [1.29, 1.82) is 0 Å². The van der Waals surface area contributed by atoms with Crippen LogP contribution < -0.4 is 0 Å². The van der Waals surface area contributed by atoms with E-state index in [-0.39, 0.29) is 0 Å². The minimum Gasteiger partial charge on any atom is -0.298 e. The highest BCUT2D eigenvalue weighted by atomic mass is 15.3. The lowest BCUT2D eigenvalue weighted by Crippen LogP contribution is -2.63. The van der Waals surface area contributed by atoms with E-state index in [1.165, 1.54) is 43.7 Å². The number of benzene rings is 2. The summed E-state index contributed by atoms with van der Waals surface area (Å²) < 4.78 is 0. The van der Waals surface area contributed by atoms with Crippen LogP contribution in [-0.2, 0) is 0 Å². The fraction of sp³-hybridized carbons (Fsp3) is 0.368. The summed E-state index contributed by atoms with van der Waals surface area (Å²) in [6.45, 7) is 5.02. The van der Waals surface area contributed by atoms with Gasteiger partial charge in [-0.2, -0.15) is 0 Å². The van der Waals surface area contributed by atoms with Gasteiger partial charge < -0.3 is 0 Å². The van der Waals surface area contributed by atoms with E-state index >= 15 is 0 Å². The number of nitrogens with zero attached hydrogens (tertiary/aromatic N) is 2. The lowest BCUT2D eigenvalue weighted by atomic mass is 9.92. The smallest absolute Gasteiger partial charge is 0.0602 e. The number of hydrogen-bond donors (Lipinski definition) is 0. The van der Waals surface area contributed by atoms with Crippen molar-refractivity contribution in [3.63, 3.8) is 0 Å². The summed E-state index contributed by atoms with van der Waals surface area (Å²) in [5.41, 5.74) is 2.82. The molecule has 2 aromatic rings. The highest BCUT2D eigenvalue weighted by Gasteiger charge is 2.38. The minimum atomic E-state index is 0.407. The van der Waals surface area contributed by atoms with Gasteiger partial charge in [-0.1, -0.05) is 60.7 Å². The van der Waals surface area contributed by atoms with E-state index in [0.717, 1.165) is 6.04 Å². The summed E-state index contributed by atoms with van der Waals surface area (Å²) in [5, 5.41) is 0. The van der Waals surface area contributed by atoms with Crippen LogP contribution in [0.15, 0.2) is 60.7 Å². The van der Waals surface area contributed by atoms with Gasteiger partial charge in [0.25, 0.3) is 0 Å². The van der Waals surface area contributed by atoms with Crippen molar-refractivity contribution < 1.29 is 0 Å². The summed E-state index contributed by atoms with van der Waals surface area (Å²) in [4.78, 5) is 5.25. The van der Waals surface area contributed by atoms with Gasteiger partial charge in [0.2, 0.25) is 0 Å². The Balaban J connectivity index is 1.56. The van der Waals surface area contributed by atoms with Crippen LogP contribution in [0.3, 0.4) is 0 Å². The SMILES string of the molecule is c1ccc(C(c2ccccc2)N2CC(N3CCC3)C2)cc1. The maximum Gasteiger partial charge on any atom is 0.0602 e. The first-order valence-corrected chi connectivity index (χ1v) is 8.00. The zero-order valence-corrected chi connectivity index (χ0v) is 12.4. The Bertz CT molecular complexity index is 532.